The zero-order valence-electron chi connectivity index (χ0n) is 6.91. The summed E-state index contributed by atoms with van der Waals surface area (Å²) in [5.41, 5.74) is 3.23. The first-order valence-electron chi connectivity index (χ1n) is 3.93. The minimum absolute atomic E-state index is 0.992. The fourth-order valence-corrected chi connectivity index (χ4v) is 1.13. The minimum Gasteiger partial charge on any atom is -0.359 e. The van der Waals surface area contributed by atoms with Crippen LogP contribution in [-0.4, -0.2) is 6.21 Å². The number of aliphatic imine (C=N–C) groups is 1. The van der Waals surface area contributed by atoms with Crippen molar-refractivity contribution in [3.05, 3.63) is 41.7 Å². The molecule has 1 aliphatic heterocycles. The van der Waals surface area contributed by atoms with Gasteiger partial charge in [0, 0.05) is 23.7 Å². The van der Waals surface area contributed by atoms with Gasteiger partial charge in [0.05, 0.1) is 5.70 Å². The van der Waals surface area contributed by atoms with Gasteiger partial charge >= 0.3 is 0 Å². The van der Waals surface area contributed by atoms with Crippen molar-refractivity contribution < 1.29 is 0 Å². The molecule has 1 N–H and O–H groups in total. The van der Waals surface area contributed by atoms with Gasteiger partial charge in [0.25, 0.3) is 0 Å². The number of hydrogen-bond donors (Lipinski definition) is 1. The Hall–Kier alpha value is -1.57. The Morgan fingerprint density at radius 1 is 1.25 bits per heavy atom. The number of rotatable bonds is 0. The number of anilines is 1. The van der Waals surface area contributed by atoms with E-state index in [2.05, 4.69) is 10.3 Å². The smallest absolute Gasteiger partial charge is 0.0532 e. The van der Waals surface area contributed by atoms with Crippen LogP contribution in [0.4, 0.5) is 5.69 Å². The van der Waals surface area contributed by atoms with Crippen LogP contribution in [0.2, 0.25) is 0 Å². The van der Waals surface area contributed by atoms with Gasteiger partial charge in [-0.1, -0.05) is 18.2 Å². The van der Waals surface area contributed by atoms with Gasteiger partial charge in [-0.05, 0) is 13.0 Å². The van der Waals surface area contributed by atoms with Gasteiger partial charge in [-0.3, -0.25) is 4.99 Å². The molecule has 0 aliphatic carbocycles. The second kappa shape index (κ2) is 2.81. The lowest BCUT2D eigenvalue weighted by Crippen LogP contribution is -1.90. The summed E-state index contributed by atoms with van der Waals surface area (Å²) in [5.74, 6) is 0. The highest BCUT2D eigenvalue weighted by Crippen LogP contribution is 2.16. The van der Waals surface area contributed by atoms with E-state index in [4.69, 9.17) is 0 Å². The fraction of sp³-hybridized carbons (Fsp3) is 0.100. The van der Waals surface area contributed by atoms with Gasteiger partial charge in [0.1, 0.15) is 0 Å². The van der Waals surface area contributed by atoms with Gasteiger partial charge in [-0.15, -0.1) is 0 Å². The molecule has 0 amide bonds. The summed E-state index contributed by atoms with van der Waals surface area (Å²) in [6, 6.07) is 8.09. The lowest BCUT2D eigenvalue weighted by Gasteiger charge is -2.01. The van der Waals surface area contributed by atoms with Gasteiger partial charge in [-0.2, -0.15) is 0 Å². The molecule has 2 rings (SSSR count). The summed E-state index contributed by atoms with van der Waals surface area (Å²) in [7, 11) is 0. The third-order valence-electron chi connectivity index (χ3n) is 1.80. The van der Waals surface area contributed by atoms with E-state index in [-0.39, 0.29) is 0 Å². The number of nitrogens with one attached hydrogen (secondary N) is 1. The quantitative estimate of drug-likeness (QED) is 0.616. The van der Waals surface area contributed by atoms with Gasteiger partial charge < -0.3 is 5.32 Å². The third-order valence-corrected chi connectivity index (χ3v) is 1.80. The molecule has 0 fully saturated rings. The Bertz CT molecular complexity index is 351. The average Bonchev–Trinajstić information content (AvgIpc) is 2.29. The van der Waals surface area contributed by atoms with Crippen molar-refractivity contribution in [1.29, 1.82) is 0 Å². The van der Waals surface area contributed by atoms with E-state index in [0.717, 1.165) is 16.9 Å². The Kier molecular flexibility index (Phi) is 1.67. The van der Waals surface area contributed by atoms with Crippen molar-refractivity contribution in [2.75, 3.05) is 5.32 Å². The Balaban J connectivity index is 2.48. The van der Waals surface area contributed by atoms with Crippen LogP contribution in [0.5, 0.6) is 0 Å². The highest BCUT2D eigenvalue weighted by Gasteiger charge is 1.99. The number of para-hydroxylation sites is 1. The highest BCUT2D eigenvalue weighted by atomic mass is 14.9. The van der Waals surface area contributed by atoms with Crippen LogP contribution in [0.1, 0.15) is 12.5 Å². The minimum atomic E-state index is 0.992. The van der Waals surface area contributed by atoms with E-state index < -0.39 is 0 Å². The maximum Gasteiger partial charge on any atom is 0.0532 e. The summed E-state index contributed by atoms with van der Waals surface area (Å²) < 4.78 is 0. The molecule has 0 atom stereocenters. The molecule has 1 aromatic carbocycles. The van der Waals surface area contributed by atoms with Crippen LogP contribution in [0.3, 0.4) is 0 Å². The summed E-state index contributed by atoms with van der Waals surface area (Å²) in [6.45, 7) is 1.97. The SMILES string of the molecule is CC1=CNc2ccccc2C=N1. The van der Waals surface area contributed by atoms with E-state index >= 15 is 0 Å². The second-order valence-electron chi connectivity index (χ2n) is 2.78. The van der Waals surface area contributed by atoms with E-state index in [1.54, 1.807) is 0 Å². The van der Waals surface area contributed by atoms with E-state index in [1.165, 1.54) is 0 Å². The number of benzene rings is 1. The maximum atomic E-state index is 4.24. The molecular formula is C10H10N2. The first-order valence-corrected chi connectivity index (χ1v) is 3.93. The van der Waals surface area contributed by atoms with Crippen molar-refractivity contribution >= 4 is 11.9 Å². The predicted molar refractivity (Wildman–Crippen MR) is 51.4 cm³/mol. The number of nitrogens with zero attached hydrogens (tertiary/aromatic N) is 1. The lowest BCUT2D eigenvalue weighted by atomic mass is 10.2. The molecule has 0 bridgehead atoms. The van der Waals surface area contributed by atoms with Crippen molar-refractivity contribution in [3.63, 3.8) is 0 Å². The summed E-state index contributed by atoms with van der Waals surface area (Å²) in [6.07, 6.45) is 3.78. The van der Waals surface area contributed by atoms with Crippen LogP contribution >= 0.6 is 0 Å². The van der Waals surface area contributed by atoms with Crippen LogP contribution in [0.15, 0.2) is 41.2 Å². The maximum absolute atomic E-state index is 4.24. The monoisotopic (exact) mass is 158 g/mol. The molecular weight excluding hydrogens is 148 g/mol. The molecule has 0 saturated carbocycles. The number of hydrogen-bond acceptors (Lipinski definition) is 2. The molecule has 1 aromatic rings. The molecule has 0 aromatic heterocycles. The molecule has 2 nitrogen and oxygen atoms in total. The fourth-order valence-electron chi connectivity index (χ4n) is 1.13. The van der Waals surface area contributed by atoms with Crippen LogP contribution in [0.25, 0.3) is 0 Å². The van der Waals surface area contributed by atoms with Crippen molar-refractivity contribution in [2.24, 2.45) is 4.99 Å². The molecule has 0 saturated heterocycles. The van der Waals surface area contributed by atoms with Crippen LogP contribution in [0, 0.1) is 0 Å². The highest BCUT2D eigenvalue weighted by molar-refractivity contribution is 5.89. The molecule has 0 unspecified atom stereocenters. The molecule has 0 radical (unpaired) electrons. The Morgan fingerprint density at radius 2 is 2.08 bits per heavy atom. The van der Waals surface area contributed by atoms with E-state index in [1.807, 2.05) is 43.6 Å². The average molecular weight is 158 g/mol. The molecule has 0 spiro atoms. The number of fused-ring (bicyclic) bond motifs is 1. The zero-order chi connectivity index (χ0) is 8.39. The lowest BCUT2D eigenvalue weighted by molar-refractivity contribution is 1.31. The van der Waals surface area contributed by atoms with Gasteiger partial charge in [0.15, 0.2) is 0 Å². The molecule has 1 aliphatic rings. The first kappa shape index (κ1) is 7.10. The van der Waals surface area contributed by atoms with Gasteiger partial charge in [-0.25, -0.2) is 0 Å². The second-order valence-corrected chi connectivity index (χ2v) is 2.78. The zero-order valence-corrected chi connectivity index (χ0v) is 6.91. The van der Waals surface area contributed by atoms with Gasteiger partial charge in [0.2, 0.25) is 0 Å². The molecule has 12 heavy (non-hydrogen) atoms. The summed E-state index contributed by atoms with van der Waals surface area (Å²) in [5, 5.41) is 3.19. The largest absolute Gasteiger partial charge is 0.359 e. The third kappa shape index (κ3) is 1.23. The predicted octanol–water partition coefficient (Wildman–Crippen LogP) is 2.39. The van der Waals surface area contributed by atoms with Crippen LogP contribution < -0.4 is 5.32 Å². The molecule has 1 heterocycles. The summed E-state index contributed by atoms with van der Waals surface area (Å²) in [4.78, 5) is 4.24. The van der Waals surface area contributed by atoms with Crippen molar-refractivity contribution in [3.8, 4) is 0 Å². The standard InChI is InChI=1S/C10H10N2/c1-8-6-12-10-5-3-2-4-9(10)7-11-8/h2-7,12H,1H3. The normalized spacial score (nSPS) is 14.2. The van der Waals surface area contributed by atoms with Crippen LogP contribution in [-0.2, 0) is 0 Å². The van der Waals surface area contributed by atoms with E-state index in [0.29, 0.717) is 0 Å². The number of allylic oxidation sites excluding steroid dienone is 1. The van der Waals surface area contributed by atoms with E-state index in [9.17, 15) is 0 Å². The Morgan fingerprint density at radius 3 is 3.00 bits per heavy atom. The molecule has 60 valence electrons. The summed E-state index contributed by atoms with van der Waals surface area (Å²) >= 11 is 0. The van der Waals surface area contributed by atoms with Crippen molar-refractivity contribution in [1.82, 2.24) is 0 Å². The topological polar surface area (TPSA) is 24.4 Å². The molecule has 2 heteroatoms. The van der Waals surface area contributed by atoms with Crippen molar-refractivity contribution in [2.45, 2.75) is 6.92 Å². The Labute approximate surface area is 71.6 Å². The first-order chi connectivity index (χ1) is 5.86.